The van der Waals surface area contributed by atoms with E-state index in [0.717, 1.165) is 17.4 Å². The Bertz CT molecular complexity index is 679. The molecule has 0 saturated heterocycles. The predicted octanol–water partition coefficient (Wildman–Crippen LogP) is 2.23. The lowest BCUT2D eigenvalue weighted by Gasteiger charge is -2.05. The number of hydrogen-bond acceptors (Lipinski definition) is 6. The average molecular weight is 291 g/mol. The van der Waals surface area contributed by atoms with Gasteiger partial charge in [-0.25, -0.2) is 4.39 Å². The van der Waals surface area contributed by atoms with E-state index in [0.29, 0.717) is 11.7 Å². The van der Waals surface area contributed by atoms with E-state index in [2.05, 4.69) is 20.8 Å². The number of rotatable bonds is 4. The van der Waals surface area contributed by atoms with E-state index in [1.165, 1.54) is 12.1 Å². The van der Waals surface area contributed by atoms with Crippen LogP contribution in [0.25, 0.3) is 0 Å². The van der Waals surface area contributed by atoms with E-state index < -0.39 is 11.7 Å². The highest BCUT2D eigenvalue weighted by Gasteiger charge is 2.16. The molecule has 2 aromatic rings. The summed E-state index contributed by atoms with van der Waals surface area (Å²) in [6.07, 6.45) is 0. The van der Waals surface area contributed by atoms with Gasteiger partial charge in [0.1, 0.15) is 17.4 Å². The topological polar surface area (TPSA) is 90.7 Å². The zero-order valence-corrected chi connectivity index (χ0v) is 11.3. The van der Waals surface area contributed by atoms with Crippen LogP contribution >= 0.6 is 11.3 Å². The van der Waals surface area contributed by atoms with Gasteiger partial charge in [0, 0.05) is 6.54 Å². The van der Waals surface area contributed by atoms with Gasteiger partial charge in [-0.05, 0) is 19.1 Å². The molecule has 1 heterocycles. The second kappa shape index (κ2) is 6.08. The molecular weight excluding hydrogens is 281 g/mol. The van der Waals surface area contributed by atoms with Crippen molar-refractivity contribution in [1.29, 1.82) is 5.26 Å². The van der Waals surface area contributed by atoms with E-state index in [9.17, 15) is 9.18 Å². The lowest BCUT2D eigenvalue weighted by Crippen LogP contribution is -2.13. The summed E-state index contributed by atoms with van der Waals surface area (Å²) in [5.41, 5.74) is -0.102. The lowest BCUT2D eigenvalue weighted by molar-refractivity contribution is 0.102. The number of carbonyl (C=O) groups excluding carboxylic acids is 1. The molecule has 1 amide bonds. The van der Waals surface area contributed by atoms with Gasteiger partial charge in [0.2, 0.25) is 10.1 Å². The number of nitrogens with one attached hydrogen (secondary N) is 2. The average Bonchev–Trinajstić information content (AvgIpc) is 2.88. The second-order valence-electron chi connectivity index (χ2n) is 3.67. The van der Waals surface area contributed by atoms with Crippen LogP contribution in [-0.2, 0) is 0 Å². The van der Waals surface area contributed by atoms with Crippen LogP contribution in [0, 0.1) is 17.1 Å². The van der Waals surface area contributed by atoms with E-state index in [-0.39, 0.29) is 16.3 Å². The molecule has 2 rings (SSSR count). The van der Waals surface area contributed by atoms with Crippen LogP contribution in [0.5, 0.6) is 0 Å². The number of benzene rings is 1. The third kappa shape index (κ3) is 2.89. The van der Waals surface area contributed by atoms with Crippen LogP contribution in [-0.4, -0.2) is 22.6 Å². The van der Waals surface area contributed by atoms with E-state index >= 15 is 0 Å². The number of amides is 1. The van der Waals surface area contributed by atoms with Crippen molar-refractivity contribution in [3.63, 3.8) is 0 Å². The first-order valence-electron chi connectivity index (χ1n) is 5.73. The first kappa shape index (κ1) is 13.9. The van der Waals surface area contributed by atoms with Gasteiger partial charge in [0.25, 0.3) is 5.91 Å². The highest BCUT2D eigenvalue weighted by atomic mass is 32.1. The molecule has 102 valence electrons. The molecule has 20 heavy (non-hydrogen) atoms. The summed E-state index contributed by atoms with van der Waals surface area (Å²) >= 11 is 1.08. The maximum absolute atomic E-state index is 13.4. The van der Waals surface area contributed by atoms with Crippen LogP contribution in [0.4, 0.5) is 15.2 Å². The minimum absolute atomic E-state index is 0.109. The first-order chi connectivity index (χ1) is 9.65. The number of hydrogen-bond donors (Lipinski definition) is 2. The first-order valence-corrected chi connectivity index (χ1v) is 6.54. The SMILES string of the molecule is CCNc1nnc(C(=O)Nc2cccc(F)c2C#N)s1. The molecule has 0 spiro atoms. The van der Waals surface area contributed by atoms with Gasteiger partial charge in [-0.3, -0.25) is 4.79 Å². The zero-order valence-electron chi connectivity index (χ0n) is 10.5. The summed E-state index contributed by atoms with van der Waals surface area (Å²) in [4.78, 5) is 11.9. The van der Waals surface area contributed by atoms with Crippen molar-refractivity contribution in [3.05, 3.63) is 34.6 Å². The minimum atomic E-state index is -0.684. The molecule has 0 fully saturated rings. The highest BCUT2D eigenvalue weighted by Crippen LogP contribution is 2.20. The summed E-state index contributed by atoms with van der Waals surface area (Å²) in [6.45, 7) is 2.56. The largest absolute Gasteiger partial charge is 0.360 e. The normalized spacial score (nSPS) is 9.85. The molecule has 8 heteroatoms. The summed E-state index contributed by atoms with van der Waals surface area (Å²) in [5.74, 6) is -1.22. The molecule has 0 radical (unpaired) electrons. The Hall–Kier alpha value is -2.53. The van der Waals surface area contributed by atoms with Gasteiger partial charge >= 0.3 is 0 Å². The zero-order chi connectivity index (χ0) is 14.5. The van der Waals surface area contributed by atoms with Crippen molar-refractivity contribution in [3.8, 4) is 6.07 Å². The summed E-state index contributed by atoms with van der Waals surface area (Å²) in [5, 5.41) is 22.4. The lowest BCUT2D eigenvalue weighted by atomic mass is 10.2. The fourth-order valence-electron chi connectivity index (χ4n) is 1.46. The standard InChI is InChI=1S/C12H10FN5OS/c1-2-15-12-18-17-11(20-12)10(19)16-9-5-3-4-8(13)7(9)6-14/h3-5H,2H2,1H3,(H,15,18)(H,16,19). The van der Waals surface area contributed by atoms with Crippen molar-refractivity contribution in [2.45, 2.75) is 6.92 Å². The molecule has 0 bridgehead atoms. The van der Waals surface area contributed by atoms with Crippen LogP contribution < -0.4 is 10.6 Å². The molecule has 2 N–H and O–H groups in total. The quantitative estimate of drug-likeness (QED) is 0.901. The number of nitrogens with zero attached hydrogens (tertiary/aromatic N) is 3. The van der Waals surface area contributed by atoms with Gasteiger partial charge in [-0.15, -0.1) is 10.2 Å². The van der Waals surface area contributed by atoms with Crippen molar-refractivity contribution < 1.29 is 9.18 Å². The molecule has 0 aliphatic rings. The van der Waals surface area contributed by atoms with Crippen LogP contribution in [0.15, 0.2) is 18.2 Å². The second-order valence-corrected chi connectivity index (χ2v) is 4.65. The van der Waals surface area contributed by atoms with Crippen LogP contribution in [0.1, 0.15) is 22.3 Å². The maximum Gasteiger partial charge on any atom is 0.286 e. The molecule has 0 atom stereocenters. The van der Waals surface area contributed by atoms with Crippen molar-refractivity contribution in [1.82, 2.24) is 10.2 Å². The number of halogens is 1. The minimum Gasteiger partial charge on any atom is -0.360 e. The Morgan fingerprint density at radius 2 is 2.30 bits per heavy atom. The number of aromatic nitrogens is 2. The Kier molecular flexibility index (Phi) is 4.22. The highest BCUT2D eigenvalue weighted by molar-refractivity contribution is 7.17. The molecule has 0 aliphatic heterocycles. The van der Waals surface area contributed by atoms with Crippen molar-refractivity contribution in [2.75, 3.05) is 17.2 Å². The van der Waals surface area contributed by atoms with E-state index in [1.54, 1.807) is 6.07 Å². The molecule has 0 unspecified atom stereocenters. The molecular formula is C12H10FN5OS. The van der Waals surface area contributed by atoms with Crippen LogP contribution in [0.3, 0.4) is 0 Å². The third-order valence-electron chi connectivity index (χ3n) is 2.32. The van der Waals surface area contributed by atoms with Crippen molar-refractivity contribution in [2.24, 2.45) is 0 Å². The Balaban J connectivity index is 2.19. The molecule has 0 aliphatic carbocycles. The van der Waals surface area contributed by atoms with Crippen LogP contribution in [0.2, 0.25) is 0 Å². The summed E-state index contributed by atoms with van der Waals surface area (Å²) in [7, 11) is 0. The maximum atomic E-state index is 13.4. The van der Waals surface area contributed by atoms with Gasteiger partial charge in [0.05, 0.1) is 5.69 Å². The third-order valence-corrected chi connectivity index (χ3v) is 3.20. The molecule has 0 saturated carbocycles. The van der Waals surface area contributed by atoms with E-state index in [4.69, 9.17) is 5.26 Å². The molecule has 1 aromatic carbocycles. The van der Waals surface area contributed by atoms with Gasteiger partial charge in [-0.2, -0.15) is 5.26 Å². The smallest absolute Gasteiger partial charge is 0.286 e. The summed E-state index contributed by atoms with van der Waals surface area (Å²) in [6, 6.07) is 5.73. The fraction of sp³-hybridized carbons (Fsp3) is 0.167. The number of nitriles is 1. The molecule has 6 nitrogen and oxygen atoms in total. The van der Waals surface area contributed by atoms with Crippen molar-refractivity contribution >= 4 is 28.1 Å². The Morgan fingerprint density at radius 3 is 3.00 bits per heavy atom. The monoisotopic (exact) mass is 291 g/mol. The fourth-order valence-corrected chi connectivity index (χ4v) is 2.16. The Labute approximate surface area is 118 Å². The van der Waals surface area contributed by atoms with Gasteiger partial charge in [-0.1, -0.05) is 17.4 Å². The van der Waals surface area contributed by atoms with Gasteiger partial charge < -0.3 is 10.6 Å². The van der Waals surface area contributed by atoms with Gasteiger partial charge in [0.15, 0.2) is 0 Å². The number of carbonyl (C=O) groups is 1. The number of anilines is 2. The predicted molar refractivity (Wildman–Crippen MR) is 73.1 cm³/mol. The summed E-state index contributed by atoms with van der Waals surface area (Å²) < 4.78 is 13.4. The van der Waals surface area contributed by atoms with E-state index in [1.807, 2.05) is 6.92 Å². The Morgan fingerprint density at radius 1 is 1.50 bits per heavy atom. The molecule has 1 aromatic heterocycles.